The van der Waals surface area contributed by atoms with E-state index in [0.717, 1.165) is 69.0 Å². The average molecular weight is 355 g/mol. The molecule has 0 amide bonds. The van der Waals surface area contributed by atoms with Crippen LogP contribution >= 0.6 is 0 Å². The topological polar surface area (TPSA) is 63.6 Å². The smallest absolute Gasteiger partial charge is 0.156 e. The van der Waals surface area contributed by atoms with Crippen molar-refractivity contribution in [2.45, 2.75) is 18.9 Å². The van der Waals surface area contributed by atoms with Gasteiger partial charge in [-0.15, -0.1) is 0 Å². The lowest BCUT2D eigenvalue weighted by atomic mass is 10.0. The van der Waals surface area contributed by atoms with Crippen molar-refractivity contribution in [1.82, 2.24) is 15.0 Å². The Morgan fingerprint density at radius 3 is 2.58 bits per heavy atom. The van der Waals surface area contributed by atoms with Crippen molar-refractivity contribution in [2.75, 3.05) is 56.3 Å². The summed E-state index contributed by atoms with van der Waals surface area (Å²) in [6.07, 6.45) is 2.87. The molecule has 4 rings (SSSR count). The first-order chi connectivity index (χ1) is 12.8. The molecule has 0 unspecified atom stereocenters. The molecule has 1 atom stereocenters. The van der Waals surface area contributed by atoms with Gasteiger partial charge in [0.1, 0.15) is 18.2 Å². The van der Waals surface area contributed by atoms with Gasteiger partial charge in [0.25, 0.3) is 0 Å². The first-order valence-electron chi connectivity index (χ1n) is 9.19. The van der Waals surface area contributed by atoms with E-state index >= 15 is 0 Å². The number of anilines is 2. The minimum absolute atomic E-state index is 0.363. The first-order valence-corrected chi connectivity index (χ1v) is 9.19. The Balaban J connectivity index is 1.50. The van der Waals surface area contributed by atoms with Crippen LogP contribution in [0.1, 0.15) is 23.9 Å². The molecule has 4 heterocycles. The van der Waals surface area contributed by atoms with Crippen LogP contribution in [0, 0.1) is 0 Å². The third kappa shape index (κ3) is 3.78. The summed E-state index contributed by atoms with van der Waals surface area (Å²) in [7, 11) is 1.68. The lowest BCUT2D eigenvalue weighted by Crippen LogP contribution is -2.47. The maximum Gasteiger partial charge on any atom is 0.156 e. The number of pyridine rings is 1. The predicted molar refractivity (Wildman–Crippen MR) is 99.6 cm³/mol. The van der Waals surface area contributed by atoms with Gasteiger partial charge >= 0.3 is 0 Å². The predicted octanol–water partition coefficient (Wildman–Crippen LogP) is 1.85. The highest BCUT2D eigenvalue weighted by atomic mass is 16.5. The van der Waals surface area contributed by atoms with Gasteiger partial charge in [0.05, 0.1) is 12.3 Å². The molecule has 2 aromatic heterocycles. The van der Waals surface area contributed by atoms with Gasteiger partial charge in [-0.1, -0.05) is 6.07 Å². The molecule has 2 aliphatic rings. The molecule has 0 saturated carbocycles. The van der Waals surface area contributed by atoms with Crippen LogP contribution in [0.15, 0.2) is 30.5 Å². The van der Waals surface area contributed by atoms with Gasteiger partial charge in [-0.25, -0.2) is 15.0 Å². The fraction of sp³-hybridized carbons (Fsp3) is 0.526. The number of piperazine rings is 1. The number of hydrogen-bond donors (Lipinski definition) is 0. The fourth-order valence-corrected chi connectivity index (χ4v) is 3.54. The molecule has 7 heteroatoms. The molecule has 0 aromatic carbocycles. The Morgan fingerprint density at radius 2 is 1.92 bits per heavy atom. The zero-order valence-electron chi connectivity index (χ0n) is 15.2. The lowest BCUT2D eigenvalue weighted by Gasteiger charge is -2.36. The van der Waals surface area contributed by atoms with Crippen molar-refractivity contribution in [2.24, 2.45) is 0 Å². The molecular formula is C19H25N5O2. The van der Waals surface area contributed by atoms with Crippen LogP contribution in [0.2, 0.25) is 0 Å². The molecule has 2 aliphatic heterocycles. The summed E-state index contributed by atoms with van der Waals surface area (Å²) >= 11 is 0. The van der Waals surface area contributed by atoms with E-state index in [4.69, 9.17) is 19.4 Å². The van der Waals surface area contributed by atoms with Crippen molar-refractivity contribution >= 4 is 11.6 Å². The second kappa shape index (κ2) is 7.97. The molecule has 0 N–H and O–H groups in total. The van der Waals surface area contributed by atoms with Gasteiger partial charge in [0.15, 0.2) is 5.82 Å². The molecule has 2 saturated heterocycles. The van der Waals surface area contributed by atoms with Crippen molar-refractivity contribution in [3.63, 3.8) is 0 Å². The number of nitrogens with zero attached hydrogens (tertiary/aromatic N) is 5. The Hall–Kier alpha value is -2.25. The van der Waals surface area contributed by atoms with Gasteiger partial charge in [0.2, 0.25) is 0 Å². The van der Waals surface area contributed by atoms with E-state index in [0.29, 0.717) is 12.5 Å². The van der Waals surface area contributed by atoms with Crippen LogP contribution in [-0.4, -0.2) is 61.5 Å². The summed E-state index contributed by atoms with van der Waals surface area (Å²) in [4.78, 5) is 18.5. The number of rotatable bonds is 5. The number of methoxy groups -OCH3 is 1. The molecule has 7 nitrogen and oxygen atoms in total. The van der Waals surface area contributed by atoms with E-state index in [1.54, 1.807) is 7.11 Å². The number of aromatic nitrogens is 3. The van der Waals surface area contributed by atoms with Crippen LogP contribution < -0.4 is 9.80 Å². The van der Waals surface area contributed by atoms with Gasteiger partial charge in [-0.2, -0.15) is 0 Å². The maximum absolute atomic E-state index is 5.54. The van der Waals surface area contributed by atoms with Crippen LogP contribution in [0.4, 0.5) is 11.6 Å². The summed E-state index contributed by atoms with van der Waals surface area (Å²) in [5.74, 6) is 3.15. The average Bonchev–Trinajstić information content (AvgIpc) is 3.24. The largest absolute Gasteiger partial charge is 0.381 e. The molecule has 138 valence electrons. The monoisotopic (exact) mass is 355 g/mol. The van der Waals surface area contributed by atoms with Crippen molar-refractivity contribution in [3.05, 3.63) is 42.0 Å². The van der Waals surface area contributed by atoms with E-state index < -0.39 is 0 Å². The van der Waals surface area contributed by atoms with Crippen LogP contribution in [0.3, 0.4) is 0 Å². The Bertz CT molecular complexity index is 713. The maximum atomic E-state index is 5.54. The summed E-state index contributed by atoms with van der Waals surface area (Å²) < 4.78 is 10.8. The van der Waals surface area contributed by atoms with E-state index in [-0.39, 0.29) is 0 Å². The zero-order chi connectivity index (χ0) is 17.8. The minimum Gasteiger partial charge on any atom is -0.381 e. The summed E-state index contributed by atoms with van der Waals surface area (Å²) in [6, 6.07) is 8.18. The third-order valence-corrected chi connectivity index (χ3v) is 4.98. The molecule has 0 aliphatic carbocycles. The highest BCUT2D eigenvalue weighted by Gasteiger charge is 2.24. The zero-order valence-corrected chi connectivity index (χ0v) is 15.2. The Morgan fingerprint density at radius 1 is 1.12 bits per heavy atom. The molecule has 0 radical (unpaired) electrons. The highest BCUT2D eigenvalue weighted by Crippen LogP contribution is 2.27. The second-order valence-corrected chi connectivity index (χ2v) is 6.72. The van der Waals surface area contributed by atoms with Crippen LogP contribution in [-0.2, 0) is 16.1 Å². The fourth-order valence-electron chi connectivity index (χ4n) is 3.54. The molecule has 26 heavy (non-hydrogen) atoms. The first kappa shape index (κ1) is 17.2. The van der Waals surface area contributed by atoms with E-state index in [1.165, 1.54) is 0 Å². The minimum atomic E-state index is 0.363. The van der Waals surface area contributed by atoms with Gasteiger partial charge < -0.3 is 19.3 Å². The van der Waals surface area contributed by atoms with E-state index in [9.17, 15) is 0 Å². The summed E-state index contributed by atoms with van der Waals surface area (Å²) in [5.41, 5.74) is 1.08. The molecule has 2 aromatic rings. The Labute approximate surface area is 154 Å². The second-order valence-electron chi connectivity index (χ2n) is 6.72. The van der Waals surface area contributed by atoms with E-state index in [2.05, 4.69) is 26.9 Å². The van der Waals surface area contributed by atoms with Crippen molar-refractivity contribution in [3.8, 4) is 0 Å². The molecule has 0 bridgehead atoms. The van der Waals surface area contributed by atoms with Crippen LogP contribution in [0.5, 0.6) is 0 Å². The van der Waals surface area contributed by atoms with Crippen molar-refractivity contribution in [1.29, 1.82) is 0 Å². The summed E-state index contributed by atoms with van der Waals surface area (Å²) in [6.45, 7) is 5.69. The summed E-state index contributed by atoms with van der Waals surface area (Å²) in [5, 5.41) is 0. The third-order valence-electron chi connectivity index (χ3n) is 4.98. The number of hydrogen-bond acceptors (Lipinski definition) is 7. The Kier molecular flexibility index (Phi) is 5.26. The van der Waals surface area contributed by atoms with Gasteiger partial charge in [0, 0.05) is 58.1 Å². The normalized spacial score (nSPS) is 20.6. The highest BCUT2D eigenvalue weighted by molar-refractivity contribution is 5.45. The molecular weight excluding hydrogens is 330 g/mol. The van der Waals surface area contributed by atoms with Gasteiger partial charge in [-0.3, -0.25) is 0 Å². The standard InChI is InChI=1S/C19H25N5O2/c1-25-14-17-21-16(15-5-11-26-13-15)12-19(22-17)24-9-7-23(8-10-24)18-4-2-3-6-20-18/h2-4,6,12,15H,5,7-11,13-14H2,1H3/t15-/m0/s1. The quantitative estimate of drug-likeness (QED) is 0.811. The van der Waals surface area contributed by atoms with Gasteiger partial charge in [-0.05, 0) is 18.6 Å². The SMILES string of the molecule is COCc1nc([C@H]2CCOC2)cc(N2CCN(c3ccccn3)CC2)n1. The number of ether oxygens (including phenoxy) is 2. The molecule has 2 fully saturated rings. The van der Waals surface area contributed by atoms with Crippen LogP contribution in [0.25, 0.3) is 0 Å². The lowest BCUT2D eigenvalue weighted by molar-refractivity contribution is 0.177. The molecule has 0 spiro atoms. The van der Waals surface area contributed by atoms with E-state index in [1.807, 2.05) is 18.3 Å². The van der Waals surface area contributed by atoms with Crippen molar-refractivity contribution < 1.29 is 9.47 Å².